The van der Waals surface area contributed by atoms with Crippen molar-refractivity contribution in [2.75, 3.05) is 33.9 Å². The first-order valence-electron chi connectivity index (χ1n) is 16.2. The van der Waals surface area contributed by atoms with Gasteiger partial charge in [0.1, 0.15) is 32.3 Å². The number of hydrazine groups is 2. The molecule has 0 aliphatic rings. The number of phenolic OH excluding ortho intramolecular Hbond substituents is 1. The zero-order valence-electron chi connectivity index (χ0n) is 29.4. The lowest BCUT2D eigenvalue weighted by Gasteiger charge is -2.22. The molecule has 19 heteroatoms. The van der Waals surface area contributed by atoms with E-state index in [9.17, 15) is 39.0 Å². The highest BCUT2D eigenvalue weighted by Gasteiger charge is 2.26. The Morgan fingerprint density at radius 2 is 1.35 bits per heavy atom. The Morgan fingerprint density at radius 1 is 0.778 bits per heavy atom. The van der Waals surface area contributed by atoms with Crippen molar-refractivity contribution in [3.63, 3.8) is 0 Å². The summed E-state index contributed by atoms with van der Waals surface area (Å²) in [6, 6.07) is 20.3. The monoisotopic (exact) mass is 751 g/mol. The average molecular weight is 752 g/mol. The number of amides is 4. The van der Waals surface area contributed by atoms with E-state index in [0.717, 1.165) is 29.2 Å². The van der Waals surface area contributed by atoms with Crippen molar-refractivity contribution < 1.29 is 57.9 Å². The van der Waals surface area contributed by atoms with E-state index in [1.807, 2.05) is 12.1 Å². The number of carbonyl (C=O) groups is 6. The van der Waals surface area contributed by atoms with Crippen LogP contribution in [0.4, 0.5) is 9.59 Å². The van der Waals surface area contributed by atoms with Crippen molar-refractivity contribution in [1.82, 2.24) is 31.9 Å². The second-order valence-corrected chi connectivity index (χ2v) is 11.1. The summed E-state index contributed by atoms with van der Waals surface area (Å²) in [5.41, 5.74) is 10.9. The highest BCUT2D eigenvalue weighted by atomic mass is 16.6. The van der Waals surface area contributed by atoms with E-state index in [4.69, 9.17) is 18.9 Å². The van der Waals surface area contributed by atoms with Gasteiger partial charge in [0.2, 0.25) is 11.9 Å². The summed E-state index contributed by atoms with van der Waals surface area (Å²) < 4.78 is 20.1. The molecular weight excluding hydrogens is 710 g/mol. The maximum Gasteiger partial charge on any atom is 0.426 e. The molecule has 0 saturated heterocycles. The molecular formula is C35H41N7O12. The minimum Gasteiger partial charge on any atom is -0.504 e. The van der Waals surface area contributed by atoms with E-state index in [2.05, 4.69) is 32.0 Å². The summed E-state index contributed by atoms with van der Waals surface area (Å²) in [4.78, 5) is 79.6. The van der Waals surface area contributed by atoms with E-state index in [1.54, 1.807) is 48.5 Å². The topological polar surface area (TPSA) is 256 Å². The normalized spacial score (nSPS) is 10.7. The predicted octanol–water partition coefficient (Wildman–Crippen LogP) is 1.58. The number of hydrogen-bond acceptors (Lipinski definition) is 12. The number of esters is 1. The van der Waals surface area contributed by atoms with Crippen LogP contribution in [-0.4, -0.2) is 96.9 Å². The highest BCUT2D eigenvalue weighted by molar-refractivity contribution is 5.99. The summed E-state index contributed by atoms with van der Waals surface area (Å²) in [6.45, 7) is -1.69. The first-order valence-corrected chi connectivity index (χ1v) is 16.2. The molecule has 4 amide bonds. The number of benzene rings is 3. The molecule has 0 fully saturated rings. The fourth-order valence-corrected chi connectivity index (χ4v) is 4.51. The van der Waals surface area contributed by atoms with Crippen LogP contribution in [0.25, 0.3) is 0 Å². The fourth-order valence-electron chi connectivity index (χ4n) is 4.51. The highest BCUT2D eigenvalue weighted by Crippen LogP contribution is 2.26. The quantitative estimate of drug-likeness (QED) is 0.0274. The van der Waals surface area contributed by atoms with Crippen molar-refractivity contribution in [1.29, 1.82) is 0 Å². The van der Waals surface area contributed by atoms with Crippen molar-refractivity contribution in [3.05, 3.63) is 95.6 Å². The van der Waals surface area contributed by atoms with Crippen LogP contribution in [0.15, 0.2) is 83.9 Å². The van der Waals surface area contributed by atoms with Crippen LogP contribution < -0.4 is 31.8 Å². The summed E-state index contributed by atoms with van der Waals surface area (Å²) in [6.07, 6.45) is -1.64. The third-order valence-corrected chi connectivity index (χ3v) is 7.11. The average Bonchev–Trinajstić information content (AvgIpc) is 3.17. The Morgan fingerprint density at radius 3 is 1.85 bits per heavy atom. The first kappa shape index (κ1) is 41.4. The number of aliphatic imine (C=N–C) groups is 1. The number of phenols is 1. The summed E-state index contributed by atoms with van der Waals surface area (Å²) in [5, 5.41) is 21.8. The number of aromatic hydroxyl groups is 1. The Hall–Kier alpha value is -7.05. The number of carboxylic acid groups (broad SMARTS) is 1. The lowest BCUT2D eigenvalue weighted by Crippen LogP contribution is -2.53. The molecule has 0 unspecified atom stereocenters. The third-order valence-electron chi connectivity index (χ3n) is 7.11. The fraction of sp³-hybridized carbons (Fsp3) is 0.286. The van der Waals surface area contributed by atoms with E-state index in [0.29, 0.717) is 0 Å². The molecule has 0 aliphatic carbocycles. The van der Waals surface area contributed by atoms with E-state index in [1.165, 1.54) is 19.2 Å². The second kappa shape index (κ2) is 22.0. The molecule has 0 heterocycles. The maximum absolute atomic E-state index is 13.1. The third kappa shape index (κ3) is 14.7. The Balaban J connectivity index is 1.61. The van der Waals surface area contributed by atoms with Gasteiger partial charge >= 0.3 is 24.1 Å². The van der Waals surface area contributed by atoms with Gasteiger partial charge in [-0.25, -0.2) is 25.2 Å². The zero-order valence-corrected chi connectivity index (χ0v) is 29.4. The predicted molar refractivity (Wildman–Crippen MR) is 189 cm³/mol. The Kier molecular flexibility index (Phi) is 16.9. The molecule has 288 valence electrons. The van der Waals surface area contributed by atoms with Crippen molar-refractivity contribution >= 4 is 41.9 Å². The zero-order chi connectivity index (χ0) is 39.3. The minimum absolute atomic E-state index is 0.0216. The SMILES string of the molecule is COC(=O)[C@H](CCCN=C(NNC(=O)OCc1ccccc1)NNC(=O)OCc1ccccc1)NC(=O)CN(CC(=O)O)C(=O)c1ccc(OC)c(O)c1. The van der Waals surface area contributed by atoms with Crippen LogP contribution in [0.5, 0.6) is 11.5 Å². The summed E-state index contributed by atoms with van der Waals surface area (Å²) >= 11 is 0. The van der Waals surface area contributed by atoms with Gasteiger partial charge in [-0.3, -0.25) is 30.2 Å². The van der Waals surface area contributed by atoms with E-state index in [-0.39, 0.29) is 55.6 Å². The molecule has 0 aliphatic heterocycles. The van der Waals surface area contributed by atoms with Gasteiger partial charge in [0.05, 0.1) is 14.2 Å². The molecule has 0 radical (unpaired) electrons. The molecule has 1 atom stereocenters. The van der Waals surface area contributed by atoms with Crippen LogP contribution in [0.2, 0.25) is 0 Å². The summed E-state index contributed by atoms with van der Waals surface area (Å²) in [5.74, 6) is -4.44. The van der Waals surface area contributed by atoms with Gasteiger partial charge < -0.3 is 39.4 Å². The van der Waals surface area contributed by atoms with Crippen molar-refractivity contribution in [2.45, 2.75) is 32.1 Å². The van der Waals surface area contributed by atoms with Crippen LogP contribution in [0.1, 0.15) is 34.3 Å². The molecule has 54 heavy (non-hydrogen) atoms. The number of aliphatic carboxylic acids is 1. The van der Waals surface area contributed by atoms with Crippen LogP contribution in [-0.2, 0) is 41.8 Å². The number of guanidine groups is 1. The molecule has 3 aromatic rings. The number of methoxy groups -OCH3 is 2. The standard InChI is InChI=1S/C35H41N7O12/c1-51-28-16-15-25(18-27(28)43)31(47)42(20-30(45)46)19-29(44)37-26(32(48)52-2)14-9-17-36-33(38-40-34(49)53-21-23-10-5-3-6-11-23)39-41-35(50)54-22-24-12-7-4-8-13-24/h3-8,10-13,15-16,18,26,43H,9,14,17,19-22H2,1-2H3,(H,37,44)(H,40,49)(H,41,50)(H,45,46)(H2,36,38,39)/t26-/m0/s1. The lowest BCUT2D eigenvalue weighted by atomic mass is 10.1. The van der Waals surface area contributed by atoms with E-state index >= 15 is 0 Å². The lowest BCUT2D eigenvalue weighted by molar-refractivity contribution is -0.145. The molecule has 7 N–H and O–H groups in total. The van der Waals surface area contributed by atoms with Crippen LogP contribution >= 0.6 is 0 Å². The largest absolute Gasteiger partial charge is 0.504 e. The van der Waals surface area contributed by atoms with E-state index < -0.39 is 55.1 Å². The molecule has 3 aromatic carbocycles. The van der Waals surface area contributed by atoms with Gasteiger partial charge in [-0.05, 0) is 42.2 Å². The number of nitrogens with one attached hydrogen (secondary N) is 5. The summed E-state index contributed by atoms with van der Waals surface area (Å²) in [7, 11) is 2.41. The van der Waals surface area contributed by atoms with Gasteiger partial charge in [0.25, 0.3) is 5.91 Å². The van der Waals surface area contributed by atoms with Crippen LogP contribution in [0.3, 0.4) is 0 Å². The molecule has 0 saturated carbocycles. The van der Waals surface area contributed by atoms with Gasteiger partial charge in [0.15, 0.2) is 11.5 Å². The molecule has 0 aromatic heterocycles. The van der Waals surface area contributed by atoms with Gasteiger partial charge in [-0.1, -0.05) is 60.7 Å². The number of nitrogens with zero attached hydrogens (tertiary/aromatic N) is 2. The van der Waals surface area contributed by atoms with Gasteiger partial charge in [-0.2, -0.15) is 0 Å². The number of hydrogen-bond donors (Lipinski definition) is 7. The first-order chi connectivity index (χ1) is 26.0. The Labute approximate surface area is 309 Å². The number of carboxylic acids is 1. The smallest absolute Gasteiger partial charge is 0.426 e. The van der Waals surface area contributed by atoms with Gasteiger partial charge in [-0.15, -0.1) is 0 Å². The minimum atomic E-state index is -1.41. The van der Waals surface area contributed by atoms with Crippen molar-refractivity contribution in [3.8, 4) is 11.5 Å². The second-order valence-electron chi connectivity index (χ2n) is 11.1. The van der Waals surface area contributed by atoms with Crippen LogP contribution in [0, 0.1) is 0 Å². The van der Waals surface area contributed by atoms with Crippen molar-refractivity contribution in [2.24, 2.45) is 4.99 Å². The maximum atomic E-state index is 13.1. The molecule has 3 rings (SSSR count). The molecule has 19 nitrogen and oxygen atoms in total. The number of carbonyl (C=O) groups excluding carboxylic acids is 5. The van der Waals surface area contributed by atoms with Gasteiger partial charge in [0, 0.05) is 12.1 Å². The number of rotatable bonds is 16. The number of ether oxygens (including phenoxy) is 4. The molecule has 0 spiro atoms. The Bertz CT molecular complexity index is 1700. The molecule has 0 bridgehead atoms.